The molecule has 0 fully saturated rings. The first kappa shape index (κ1) is 24.5. The molecule has 0 unspecified atom stereocenters. The molecule has 0 aliphatic carbocycles. The van der Waals surface area contributed by atoms with E-state index in [1.165, 1.54) is 11.1 Å². The molecule has 1 aromatic heterocycles. The molecular weight excluding hydrogens is 434 g/mol. The van der Waals surface area contributed by atoms with Crippen LogP contribution in [0.15, 0.2) is 66.7 Å². The zero-order valence-electron chi connectivity index (χ0n) is 21.2. The van der Waals surface area contributed by atoms with Crippen molar-refractivity contribution in [3.8, 4) is 5.75 Å². The van der Waals surface area contributed by atoms with Gasteiger partial charge in [-0.15, -0.1) is 0 Å². The molecule has 0 bridgehead atoms. The average Bonchev–Trinajstić information content (AvgIpc) is 3.19. The van der Waals surface area contributed by atoms with E-state index in [1.807, 2.05) is 49.4 Å². The number of nitrogens with zero attached hydrogens (tertiary/aromatic N) is 2. The Labute approximate surface area is 208 Å². The fraction of sp³-hybridized carbons (Fsp3) is 0.333. The van der Waals surface area contributed by atoms with Gasteiger partial charge in [-0.1, -0.05) is 55.8 Å². The van der Waals surface area contributed by atoms with Crippen LogP contribution in [0.25, 0.3) is 11.0 Å². The molecule has 0 atom stereocenters. The SMILES string of the molecule is Cc1cccc(C(=O)NCc2nc3ccccc3n2CCCCOc2cc(C)ccc2C(C)C)c1. The molecular formula is C30H35N3O2. The summed E-state index contributed by atoms with van der Waals surface area (Å²) in [7, 11) is 0. The van der Waals surface area contributed by atoms with Crippen molar-refractivity contribution >= 4 is 16.9 Å². The molecule has 4 aromatic rings. The lowest BCUT2D eigenvalue weighted by molar-refractivity contribution is 0.0949. The summed E-state index contributed by atoms with van der Waals surface area (Å²) in [5, 5.41) is 3.04. The monoisotopic (exact) mass is 469 g/mol. The quantitative estimate of drug-likeness (QED) is 0.267. The molecule has 5 nitrogen and oxygen atoms in total. The van der Waals surface area contributed by atoms with Gasteiger partial charge in [-0.3, -0.25) is 4.79 Å². The number of carbonyl (C=O) groups excluding carboxylic acids is 1. The number of ether oxygens (including phenoxy) is 1. The van der Waals surface area contributed by atoms with Gasteiger partial charge in [0.2, 0.25) is 0 Å². The third-order valence-electron chi connectivity index (χ3n) is 6.25. The van der Waals surface area contributed by atoms with E-state index in [2.05, 4.69) is 54.9 Å². The smallest absolute Gasteiger partial charge is 0.251 e. The van der Waals surface area contributed by atoms with Gasteiger partial charge in [0, 0.05) is 12.1 Å². The number of nitrogens with one attached hydrogen (secondary N) is 1. The van der Waals surface area contributed by atoms with E-state index < -0.39 is 0 Å². The first-order valence-corrected chi connectivity index (χ1v) is 12.4. The Morgan fingerprint density at radius 2 is 1.77 bits per heavy atom. The van der Waals surface area contributed by atoms with Gasteiger partial charge >= 0.3 is 0 Å². The Balaban J connectivity index is 1.39. The lowest BCUT2D eigenvalue weighted by atomic mass is 10.0. The molecule has 0 saturated carbocycles. The number of imidazole rings is 1. The summed E-state index contributed by atoms with van der Waals surface area (Å²) < 4.78 is 8.39. The lowest BCUT2D eigenvalue weighted by Gasteiger charge is -2.15. The minimum absolute atomic E-state index is 0.0835. The van der Waals surface area contributed by atoms with E-state index in [-0.39, 0.29) is 5.91 Å². The van der Waals surface area contributed by atoms with E-state index >= 15 is 0 Å². The molecule has 5 heteroatoms. The molecule has 0 saturated heterocycles. The summed E-state index contributed by atoms with van der Waals surface area (Å²) in [6, 6.07) is 22.2. The highest BCUT2D eigenvalue weighted by molar-refractivity contribution is 5.94. The summed E-state index contributed by atoms with van der Waals surface area (Å²) in [6.45, 7) is 10.4. The van der Waals surface area contributed by atoms with Crippen molar-refractivity contribution in [1.82, 2.24) is 14.9 Å². The van der Waals surface area contributed by atoms with Crippen LogP contribution >= 0.6 is 0 Å². The molecule has 35 heavy (non-hydrogen) atoms. The average molecular weight is 470 g/mol. The minimum atomic E-state index is -0.0835. The summed E-state index contributed by atoms with van der Waals surface area (Å²) in [6.07, 6.45) is 1.90. The Hall–Kier alpha value is -3.60. The van der Waals surface area contributed by atoms with Gasteiger partial charge in [-0.2, -0.15) is 0 Å². The number of fused-ring (bicyclic) bond motifs is 1. The molecule has 1 amide bonds. The zero-order chi connectivity index (χ0) is 24.8. The van der Waals surface area contributed by atoms with Crippen LogP contribution in [0.3, 0.4) is 0 Å². The Morgan fingerprint density at radius 1 is 0.971 bits per heavy atom. The number of amides is 1. The van der Waals surface area contributed by atoms with Crippen molar-refractivity contribution in [3.63, 3.8) is 0 Å². The van der Waals surface area contributed by atoms with Crippen LogP contribution in [0.1, 0.15) is 65.5 Å². The van der Waals surface area contributed by atoms with Crippen LogP contribution in [0.5, 0.6) is 5.75 Å². The van der Waals surface area contributed by atoms with Crippen LogP contribution in [-0.2, 0) is 13.1 Å². The molecule has 0 aliphatic heterocycles. The van der Waals surface area contributed by atoms with E-state index in [1.54, 1.807) is 0 Å². The number of hydrogen-bond acceptors (Lipinski definition) is 3. The predicted octanol–water partition coefficient (Wildman–Crippen LogP) is 6.57. The first-order chi connectivity index (χ1) is 16.9. The van der Waals surface area contributed by atoms with Gasteiger partial charge in [-0.05, 0) is 74.1 Å². The van der Waals surface area contributed by atoms with Gasteiger partial charge in [-0.25, -0.2) is 4.98 Å². The molecule has 4 rings (SSSR count). The van der Waals surface area contributed by atoms with Crippen molar-refractivity contribution in [1.29, 1.82) is 0 Å². The summed E-state index contributed by atoms with van der Waals surface area (Å²) >= 11 is 0. The normalized spacial score (nSPS) is 11.2. The maximum atomic E-state index is 12.7. The number of carbonyl (C=O) groups is 1. The van der Waals surface area contributed by atoms with Gasteiger partial charge < -0.3 is 14.6 Å². The van der Waals surface area contributed by atoms with Crippen LogP contribution in [0.2, 0.25) is 0 Å². The van der Waals surface area contributed by atoms with E-state index in [0.717, 1.165) is 47.6 Å². The molecule has 0 aliphatic rings. The minimum Gasteiger partial charge on any atom is -0.493 e. The van der Waals surface area contributed by atoms with Gasteiger partial charge in [0.15, 0.2) is 0 Å². The number of unbranched alkanes of at least 4 members (excludes halogenated alkanes) is 1. The highest BCUT2D eigenvalue weighted by Gasteiger charge is 2.13. The largest absolute Gasteiger partial charge is 0.493 e. The molecule has 0 radical (unpaired) electrons. The lowest BCUT2D eigenvalue weighted by Crippen LogP contribution is -2.25. The van der Waals surface area contributed by atoms with Crippen LogP contribution in [-0.4, -0.2) is 22.1 Å². The highest BCUT2D eigenvalue weighted by Crippen LogP contribution is 2.27. The van der Waals surface area contributed by atoms with Crippen LogP contribution in [0.4, 0.5) is 0 Å². The number of benzene rings is 3. The van der Waals surface area contributed by atoms with E-state index in [4.69, 9.17) is 9.72 Å². The van der Waals surface area contributed by atoms with Crippen molar-refractivity contribution in [2.75, 3.05) is 6.61 Å². The standard InChI is InChI=1S/C30H35N3O2/c1-21(2)25-15-14-23(4)19-28(25)35-17-8-7-16-33-27-13-6-5-12-26(27)32-29(33)20-31-30(34)24-11-9-10-22(3)18-24/h5-6,9-15,18-19,21H,7-8,16-17,20H2,1-4H3,(H,31,34). The number of para-hydroxylation sites is 2. The number of rotatable bonds is 10. The second-order valence-electron chi connectivity index (χ2n) is 9.47. The molecule has 1 N–H and O–H groups in total. The summed E-state index contributed by atoms with van der Waals surface area (Å²) in [5.41, 5.74) is 6.24. The Kier molecular flexibility index (Phi) is 7.86. The molecule has 1 heterocycles. The fourth-order valence-electron chi connectivity index (χ4n) is 4.36. The Morgan fingerprint density at radius 3 is 2.57 bits per heavy atom. The highest BCUT2D eigenvalue weighted by atomic mass is 16.5. The predicted molar refractivity (Wildman–Crippen MR) is 142 cm³/mol. The van der Waals surface area contributed by atoms with Crippen LogP contribution < -0.4 is 10.1 Å². The van der Waals surface area contributed by atoms with Crippen molar-refractivity contribution in [2.24, 2.45) is 0 Å². The van der Waals surface area contributed by atoms with Crippen molar-refractivity contribution in [3.05, 3.63) is 94.8 Å². The van der Waals surface area contributed by atoms with Crippen LogP contribution in [0, 0.1) is 13.8 Å². The number of aryl methyl sites for hydroxylation is 3. The van der Waals surface area contributed by atoms with Gasteiger partial charge in [0.1, 0.15) is 11.6 Å². The molecule has 0 spiro atoms. The zero-order valence-corrected chi connectivity index (χ0v) is 21.2. The van der Waals surface area contributed by atoms with Crippen molar-refractivity contribution < 1.29 is 9.53 Å². The second-order valence-corrected chi connectivity index (χ2v) is 9.47. The summed E-state index contributed by atoms with van der Waals surface area (Å²) in [5.74, 6) is 2.21. The maximum Gasteiger partial charge on any atom is 0.251 e. The third-order valence-corrected chi connectivity index (χ3v) is 6.25. The first-order valence-electron chi connectivity index (χ1n) is 12.4. The Bertz CT molecular complexity index is 1310. The molecule has 3 aromatic carbocycles. The molecule has 182 valence electrons. The summed E-state index contributed by atoms with van der Waals surface area (Å²) in [4.78, 5) is 17.5. The number of hydrogen-bond donors (Lipinski definition) is 1. The maximum absolute atomic E-state index is 12.7. The van der Waals surface area contributed by atoms with E-state index in [9.17, 15) is 4.79 Å². The fourth-order valence-corrected chi connectivity index (χ4v) is 4.36. The van der Waals surface area contributed by atoms with Crippen molar-refractivity contribution in [2.45, 2.75) is 59.5 Å². The second kappa shape index (κ2) is 11.2. The number of aromatic nitrogens is 2. The van der Waals surface area contributed by atoms with Gasteiger partial charge in [0.25, 0.3) is 5.91 Å². The van der Waals surface area contributed by atoms with Gasteiger partial charge in [0.05, 0.1) is 24.2 Å². The topological polar surface area (TPSA) is 56.2 Å². The third kappa shape index (κ3) is 6.10. The van der Waals surface area contributed by atoms with E-state index in [0.29, 0.717) is 24.6 Å².